The van der Waals surface area contributed by atoms with E-state index in [-0.39, 0.29) is 11.2 Å². The lowest BCUT2D eigenvalue weighted by molar-refractivity contribution is 0.335. The molecule has 0 aliphatic rings. The highest BCUT2D eigenvalue weighted by Crippen LogP contribution is 2.17. The van der Waals surface area contributed by atoms with E-state index in [9.17, 15) is 9.18 Å². The molecule has 1 heterocycles. The number of fused-ring (bicyclic) bond motifs is 1. The Labute approximate surface area is 97.8 Å². The zero-order valence-electron chi connectivity index (χ0n) is 9.44. The third-order valence-electron chi connectivity index (χ3n) is 2.52. The Morgan fingerprint density at radius 3 is 2.94 bits per heavy atom. The van der Waals surface area contributed by atoms with Crippen molar-refractivity contribution >= 4 is 10.9 Å². The summed E-state index contributed by atoms with van der Waals surface area (Å²) in [5, 5.41) is 0.472. The quantitative estimate of drug-likeness (QED) is 0.761. The average Bonchev–Trinajstić information content (AvgIpc) is 2.32. The maximum Gasteiger partial charge on any atom is 0.197 e. The number of hydrogen-bond donors (Lipinski definition) is 0. The molecule has 4 heteroatoms. The van der Waals surface area contributed by atoms with Gasteiger partial charge in [0, 0.05) is 18.5 Å². The summed E-state index contributed by atoms with van der Waals surface area (Å²) < 4.78 is 20.1. The summed E-state index contributed by atoms with van der Waals surface area (Å²) in [5.41, 5.74) is 0.328. The van der Waals surface area contributed by atoms with E-state index in [0.717, 1.165) is 0 Å². The minimum Gasteiger partial charge on any atom is -0.475 e. The molecule has 0 atom stereocenters. The molecule has 17 heavy (non-hydrogen) atoms. The average molecular weight is 233 g/mol. The second kappa shape index (κ2) is 4.41. The summed E-state index contributed by atoms with van der Waals surface area (Å²) in [7, 11) is 1.72. The molecule has 0 amide bonds. The van der Waals surface area contributed by atoms with E-state index in [1.54, 1.807) is 17.7 Å². The van der Waals surface area contributed by atoms with Crippen LogP contribution in [0.4, 0.5) is 4.39 Å². The van der Waals surface area contributed by atoms with Crippen LogP contribution in [0.1, 0.15) is 0 Å². The van der Waals surface area contributed by atoms with E-state index in [2.05, 4.69) is 6.58 Å². The Morgan fingerprint density at radius 1 is 1.47 bits per heavy atom. The van der Waals surface area contributed by atoms with Gasteiger partial charge in [0.15, 0.2) is 11.3 Å². The van der Waals surface area contributed by atoms with Crippen LogP contribution in [0.5, 0.6) is 5.88 Å². The SMILES string of the molecule is C=CCOc1cc(=O)c2ccc(F)cc2n1C. The van der Waals surface area contributed by atoms with Crippen molar-refractivity contribution in [1.29, 1.82) is 0 Å². The third-order valence-corrected chi connectivity index (χ3v) is 2.52. The zero-order chi connectivity index (χ0) is 12.4. The number of halogens is 1. The molecule has 2 rings (SSSR count). The maximum atomic E-state index is 13.2. The van der Waals surface area contributed by atoms with E-state index < -0.39 is 0 Å². The molecule has 88 valence electrons. The first-order valence-corrected chi connectivity index (χ1v) is 5.16. The highest BCUT2D eigenvalue weighted by Gasteiger charge is 2.07. The second-order valence-electron chi connectivity index (χ2n) is 3.67. The molecule has 2 aromatic rings. The first-order chi connectivity index (χ1) is 8.13. The summed E-state index contributed by atoms with van der Waals surface area (Å²) in [5.74, 6) is 0.0152. The Balaban J connectivity index is 2.69. The molecule has 1 aromatic carbocycles. The van der Waals surface area contributed by atoms with Gasteiger partial charge < -0.3 is 9.30 Å². The van der Waals surface area contributed by atoms with Crippen molar-refractivity contribution in [3.05, 3.63) is 53.0 Å². The van der Waals surface area contributed by atoms with Gasteiger partial charge in [-0.25, -0.2) is 4.39 Å². The van der Waals surface area contributed by atoms with Crippen LogP contribution in [0, 0.1) is 5.82 Å². The standard InChI is InChI=1S/C13H12FNO2/c1-3-6-17-13-8-12(16)10-5-4-9(14)7-11(10)15(13)2/h3-5,7-8H,1,6H2,2H3. The zero-order valence-corrected chi connectivity index (χ0v) is 9.44. The molecule has 0 saturated heterocycles. The minimum atomic E-state index is -0.381. The van der Waals surface area contributed by atoms with Crippen LogP contribution in [-0.4, -0.2) is 11.2 Å². The Hall–Kier alpha value is -2.10. The van der Waals surface area contributed by atoms with Crippen molar-refractivity contribution in [2.45, 2.75) is 0 Å². The first kappa shape index (κ1) is 11.4. The number of hydrogen-bond acceptors (Lipinski definition) is 2. The lowest BCUT2D eigenvalue weighted by Gasteiger charge is -2.12. The van der Waals surface area contributed by atoms with Crippen molar-refractivity contribution in [3.8, 4) is 5.88 Å². The molecule has 0 N–H and O–H groups in total. The second-order valence-corrected chi connectivity index (χ2v) is 3.67. The van der Waals surface area contributed by atoms with E-state index in [1.165, 1.54) is 24.3 Å². The van der Waals surface area contributed by atoms with Gasteiger partial charge in [0.1, 0.15) is 12.4 Å². The molecule has 0 aliphatic heterocycles. The molecule has 0 aliphatic carbocycles. The fourth-order valence-corrected chi connectivity index (χ4v) is 1.68. The van der Waals surface area contributed by atoms with Gasteiger partial charge in [-0.05, 0) is 18.2 Å². The Bertz CT molecular complexity index is 631. The highest BCUT2D eigenvalue weighted by molar-refractivity contribution is 5.79. The van der Waals surface area contributed by atoms with Crippen molar-refractivity contribution in [3.63, 3.8) is 0 Å². The molecule has 0 saturated carbocycles. The van der Waals surface area contributed by atoms with Crippen molar-refractivity contribution < 1.29 is 9.13 Å². The third kappa shape index (κ3) is 2.06. The van der Waals surface area contributed by atoms with E-state index in [4.69, 9.17) is 4.74 Å². The van der Waals surface area contributed by atoms with E-state index in [0.29, 0.717) is 23.4 Å². The predicted octanol–water partition coefficient (Wildman–Crippen LogP) is 2.24. The number of aryl methyl sites for hydroxylation is 1. The molecule has 0 bridgehead atoms. The fraction of sp³-hybridized carbons (Fsp3) is 0.154. The van der Waals surface area contributed by atoms with Crippen LogP contribution in [0.3, 0.4) is 0 Å². The van der Waals surface area contributed by atoms with E-state index >= 15 is 0 Å². The Morgan fingerprint density at radius 2 is 2.24 bits per heavy atom. The number of nitrogens with zero attached hydrogens (tertiary/aromatic N) is 1. The van der Waals surface area contributed by atoms with Gasteiger partial charge in [-0.3, -0.25) is 4.79 Å². The van der Waals surface area contributed by atoms with Gasteiger partial charge in [-0.1, -0.05) is 12.7 Å². The fourth-order valence-electron chi connectivity index (χ4n) is 1.68. The first-order valence-electron chi connectivity index (χ1n) is 5.16. The van der Waals surface area contributed by atoms with Crippen molar-refractivity contribution in [2.75, 3.05) is 6.61 Å². The van der Waals surface area contributed by atoms with Gasteiger partial charge in [-0.15, -0.1) is 0 Å². The monoisotopic (exact) mass is 233 g/mol. The number of pyridine rings is 1. The summed E-state index contributed by atoms with van der Waals surface area (Å²) in [4.78, 5) is 11.8. The van der Waals surface area contributed by atoms with Gasteiger partial charge in [0.25, 0.3) is 0 Å². The minimum absolute atomic E-state index is 0.183. The largest absolute Gasteiger partial charge is 0.475 e. The lowest BCUT2D eigenvalue weighted by Crippen LogP contribution is -2.11. The molecule has 1 aromatic heterocycles. The normalized spacial score (nSPS) is 10.5. The topological polar surface area (TPSA) is 31.2 Å². The van der Waals surface area contributed by atoms with Crippen LogP contribution in [0.25, 0.3) is 10.9 Å². The maximum absolute atomic E-state index is 13.2. The predicted molar refractivity (Wildman–Crippen MR) is 64.8 cm³/mol. The molecule has 0 unspecified atom stereocenters. The van der Waals surface area contributed by atoms with Crippen LogP contribution in [0.2, 0.25) is 0 Å². The summed E-state index contributed by atoms with van der Waals surface area (Å²) in [6.45, 7) is 3.83. The van der Waals surface area contributed by atoms with Crippen molar-refractivity contribution in [1.82, 2.24) is 4.57 Å². The van der Waals surface area contributed by atoms with Crippen LogP contribution in [0.15, 0.2) is 41.7 Å². The number of aromatic nitrogens is 1. The molecule has 3 nitrogen and oxygen atoms in total. The van der Waals surface area contributed by atoms with Crippen molar-refractivity contribution in [2.24, 2.45) is 7.05 Å². The van der Waals surface area contributed by atoms with Crippen LogP contribution < -0.4 is 10.2 Å². The lowest BCUT2D eigenvalue weighted by atomic mass is 10.2. The summed E-state index contributed by atoms with van der Waals surface area (Å²) in [6, 6.07) is 5.46. The summed E-state index contributed by atoms with van der Waals surface area (Å²) >= 11 is 0. The van der Waals surface area contributed by atoms with E-state index in [1.807, 2.05) is 0 Å². The van der Waals surface area contributed by atoms with Gasteiger partial charge in [0.2, 0.25) is 0 Å². The molecule has 0 fully saturated rings. The number of rotatable bonds is 3. The molecule has 0 radical (unpaired) electrons. The molecular formula is C13H12FNO2. The molecule has 0 spiro atoms. The number of ether oxygens (including phenoxy) is 1. The van der Waals surface area contributed by atoms with Gasteiger partial charge in [-0.2, -0.15) is 0 Å². The molecular weight excluding hydrogens is 221 g/mol. The van der Waals surface area contributed by atoms with Gasteiger partial charge >= 0.3 is 0 Å². The summed E-state index contributed by atoms with van der Waals surface area (Å²) in [6.07, 6.45) is 1.58. The van der Waals surface area contributed by atoms with Gasteiger partial charge in [0.05, 0.1) is 5.52 Å². The number of benzene rings is 1. The highest BCUT2D eigenvalue weighted by atomic mass is 19.1. The smallest absolute Gasteiger partial charge is 0.197 e. The van der Waals surface area contributed by atoms with Crippen LogP contribution >= 0.6 is 0 Å². The Kier molecular flexibility index (Phi) is 2.95. The van der Waals surface area contributed by atoms with Crippen LogP contribution in [-0.2, 0) is 7.05 Å².